The molecule has 3 heteroatoms. The maximum atomic E-state index is 11.6. The van der Waals surface area contributed by atoms with Crippen LogP contribution < -0.4 is 0 Å². The average Bonchev–Trinajstić information content (AvgIpc) is 3.01. The van der Waals surface area contributed by atoms with E-state index < -0.39 is 0 Å². The van der Waals surface area contributed by atoms with E-state index in [2.05, 4.69) is 32.9 Å². The van der Waals surface area contributed by atoms with Crippen LogP contribution in [0.15, 0.2) is 36.0 Å². The Labute approximate surface area is 176 Å². The van der Waals surface area contributed by atoms with Gasteiger partial charge in [0.2, 0.25) is 0 Å². The molecule has 160 valence electrons. The Kier molecular flexibility index (Phi) is 6.86. The molecule has 0 spiro atoms. The lowest BCUT2D eigenvalue weighted by molar-refractivity contribution is -0.137. The SMILES string of the molecule is CCCC1(C)/C(=C\C=O)C=CC2C1CCC1(C)C(C/C=C/C(=O)OCC)CCC21. The Morgan fingerprint density at radius 1 is 1.21 bits per heavy atom. The predicted octanol–water partition coefficient (Wildman–Crippen LogP) is 6.06. The second-order valence-electron chi connectivity index (χ2n) is 9.78. The lowest BCUT2D eigenvalue weighted by Gasteiger charge is -2.55. The van der Waals surface area contributed by atoms with Gasteiger partial charge in [0.15, 0.2) is 0 Å². The van der Waals surface area contributed by atoms with Crippen LogP contribution in [0, 0.1) is 34.5 Å². The Bertz CT molecular complexity index is 703. The predicted molar refractivity (Wildman–Crippen MR) is 117 cm³/mol. The molecule has 2 saturated carbocycles. The zero-order valence-electron chi connectivity index (χ0n) is 18.7. The van der Waals surface area contributed by atoms with Gasteiger partial charge in [-0.25, -0.2) is 4.79 Å². The quantitative estimate of drug-likeness (QED) is 0.297. The number of rotatable bonds is 7. The van der Waals surface area contributed by atoms with Crippen LogP contribution in [-0.4, -0.2) is 18.9 Å². The zero-order valence-corrected chi connectivity index (χ0v) is 18.7. The van der Waals surface area contributed by atoms with Gasteiger partial charge in [-0.1, -0.05) is 45.4 Å². The summed E-state index contributed by atoms with van der Waals surface area (Å²) < 4.78 is 5.02. The van der Waals surface area contributed by atoms with Crippen molar-refractivity contribution in [3.63, 3.8) is 0 Å². The molecule has 0 amide bonds. The third-order valence-electron chi connectivity index (χ3n) is 8.48. The molecular weight excluding hydrogens is 360 g/mol. The van der Waals surface area contributed by atoms with Crippen molar-refractivity contribution in [3.05, 3.63) is 36.0 Å². The molecule has 0 aromatic rings. The first-order valence-electron chi connectivity index (χ1n) is 11.6. The first-order chi connectivity index (χ1) is 13.9. The van der Waals surface area contributed by atoms with Crippen LogP contribution in [0.2, 0.25) is 0 Å². The van der Waals surface area contributed by atoms with Crippen molar-refractivity contribution in [2.75, 3.05) is 6.61 Å². The summed E-state index contributed by atoms with van der Waals surface area (Å²) in [5.41, 5.74) is 1.67. The molecule has 6 atom stereocenters. The summed E-state index contributed by atoms with van der Waals surface area (Å²) in [5, 5.41) is 0. The van der Waals surface area contributed by atoms with Crippen LogP contribution >= 0.6 is 0 Å². The molecule has 3 nitrogen and oxygen atoms in total. The number of allylic oxidation sites excluding steroid dienone is 5. The summed E-state index contributed by atoms with van der Waals surface area (Å²) in [4.78, 5) is 22.9. The standard InChI is InChI=1S/C26H38O3/c1-5-16-25(3)20(15-18-27)10-12-21-22-13-11-19(8-7-9-24(28)29-6-2)26(22,4)17-14-23(21)25/h7,9-10,12,15,18-19,21-23H,5-6,8,11,13-14,16-17H2,1-4H3/b9-7+,20-15-. The normalized spacial score (nSPS) is 40.1. The van der Waals surface area contributed by atoms with Crippen molar-refractivity contribution in [3.8, 4) is 0 Å². The van der Waals surface area contributed by atoms with Crippen molar-refractivity contribution >= 4 is 12.3 Å². The number of aldehydes is 1. The van der Waals surface area contributed by atoms with Crippen LogP contribution in [0.4, 0.5) is 0 Å². The molecule has 3 rings (SSSR count). The van der Waals surface area contributed by atoms with E-state index in [9.17, 15) is 9.59 Å². The van der Waals surface area contributed by atoms with Crippen LogP contribution in [0.5, 0.6) is 0 Å². The summed E-state index contributed by atoms with van der Waals surface area (Å²) in [6.07, 6.45) is 19.3. The van der Waals surface area contributed by atoms with Crippen molar-refractivity contribution < 1.29 is 14.3 Å². The fourth-order valence-electron chi connectivity index (χ4n) is 7.01. The molecule has 3 aliphatic rings. The molecule has 0 aromatic heterocycles. The Hall–Kier alpha value is -1.64. The number of ether oxygens (including phenoxy) is 1. The second-order valence-corrected chi connectivity index (χ2v) is 9.78. The van der Waals surface area contributed by atoms with Gasteiger partial charge >= 0.3 is 5.97 Å². The smallest absolute Gasteiger partial charge is 0.330 e. The van der Waals surface area contributed by atoms with Crippen LogP contribution in [0.25, 0.3) is 0 Å². The van der Waals surface area contributed by atoms with Crippen molar-refractivity contribution in [2.24, 2.45) is 34.5 Å². The van der Waals surface area contributed by atoms with E-state index in [0.717, 1.165) is 25.5 Å². The van der Waals surface area contributed by atoms with E-state index in [1.54, 1.807) is 12.2 Å². The topological polar surface area (TPSA) is 43.4 Å². The number of carbonyl (C=O) groups is 2. The highest BCUT2D eigenvalue weighted by Crippen LogP contribution is 2.65. The first kappa shape index (κ1) is 22.1. The lowest BCUT2D eigenvalue weighted by atomic mass is 9.49. The highest BCUT2D eigenvalue weighted by molar-refractivity contribution is 5.81. The summed E-state index contributed by atoms with van der Waals surface area (Å²) in [5.74, 6) is 2.35. The molecule has 6 unspecified atom stereocenters. The van der Waals surface area contributed by atoms with Gasteiger partial charge in [0.25, 0.3) is 0 Å². The maximum Gasteiger partial charge on any atom is 0.330 e. The maximum absolute atomic E-state index is 11.6. The molecule has 3 aliphatic carbocycles. The zero-order chi connectivity index (χ0) is 21.1. The number of fused-ring (bicyclic) bond motifs is 3. The number of carbonyl (C=O) groups excluding carboxylic acids is 2. The van der Waals surface area contributed by atoms with Gasteiger partial charge in [-0.2, -0.15) is 0 Å². The Balaban J connectivity index is 1.80. The van der Waals surface area contributed by atoms with Crippen molar-refractivity contribution in [1.82, 2.24) is 0 Å². The van der Waals surface area contributed by atoms with E-state index in [-0.39, 0.29) is 11.4 Å². The minimum absolute atomic E-state index is 0.109. The van der Waals surface area contributed by atoms with Gasteiger partial charge in [0, 0.05) is 6.08 Å². The van der Waals surface area contributed by atoms with Crippen molar-refractivity contribution in [2.45, 2.75) is 72.6 Å². The number of hydrogen-bond acceptors (Lipinski definition) is 3. The monoisotopic (exact) mass is 398 g/mol. The van der Waals surface area contributed by atoms with Gasteiger partial charge < -0.3 is 4.74 Å². The Morgan fingerprint density at radius 3 is 2.69 bits per heavy atom. The molecule has 0 aliphatic heterocycles. The largest absolute Gasteiger partial charge is 0.463 e. The minimum atomic E-state index is -0.226. The summed E-state index contributed by atoms with van der Waals surface area (Å²) >= 11 is 0. The molecule has 0 N–H and O–H groups in total. The van der Waals surface area contributed by atoms with Gasteiger partial charge in [-0.05, 0) is 91.6 Å². The fraction of sp³-hybridized carbons (Fsp3) is 0.692. The summed E-state index contributed by atoms with van der Waals surface area (Å²) in [7, 11) is 0. The number of esters is 1. The summed E-state index contributed by atoms with van der Waals surface area (Å²) in [6.45, 7) is 9.41. The van der Waals surface area contributed by atoms with Crippen LogP contribution in [0.1, 0.15) is 72.6 Å². The van der Waals surface area contributed by atoms with Gasteiger partial charge in [-0.15, -0.1) is 0 Å². The van der Waals surface area contributed by atoms with Gasteiger partial charge in [0.05, 0.1) is 6.61 Å². The third kappa shape index (κ3) is 4.02. The number of hydrogen-bond donors (Lipinski definition) is 0. The summed E-state index contributed by atoms with van der Waals surface area (Å²) in [6, 6.07) is 0. The molecule has 29 heavy (non-hydrogen) atoms. The van der Waals surface area contributed by atoms with Crippen LogP contribution in [-0.2, 0) is 14.3 Å². The van der Waals surface area contributed by atoms with E-state index in [0.29, 0.717) is 35.7 Å². The van der Waals surface area contributed by atoms with Crippen molar-refractivity contribution in [1.29, 1.82) is 0 Å². The average molecular weight is 399 g/mol. The molecular formula is C26H38O3. The Morgan fingerprint density at radius 2 is 2.00 bits per heavy atom. The second kappa shape index (κ2) is 9.02. The fourth-order valence-corrected chi connectivity index (χ4v) is 7.01. The highest BCUT2D eigenvalue weighted by atomic mass is 16.5. The first-order valence-corrected chi connectivity index (χ1v) is 11.6. The van der Waals surface area contributed by atoms with E-state index >= 15 is 0 Å². The van der Waals surface area contributed by atoms with E-state index in [4.69, 9.17) is 4.74 Å². The minimum Gasteiger partial charge on any atom is -0.463 e. The molecule has 2 fully saturated rings. The molecule has 0 saturated heterocycles. The molecule has 0 bridgehead atoms. The van der Waals surface area contributed by atoms with E-state index in [1.807, 2.05) is 13.0 Å². The molecule has 0 radical (unpaired) electrons. The highest BCUT2D eigenvalue weighted by Gasteiger charge is 2.56. The lowest BCUT2D eigenvalue weighted by Crippen LogP contribution is -2.48. The molecule has 0 heterocycles. The van der Waals surface area contributed by atoms with E-state index in [1.165, 1.54) is 31.3 Å². The van der Waals surface area contributed by atoms with Crippen LogP contribution in [0.3, 0.4) is 0 Å². The molecule has 0 aromatic carbocycles. The van der Waals surface area contributed by atoms with Gasteiger partial charge in [0.1, 0.15) is 6.29 Å². The van der Waals surface area contributed by atoms with Gasteiger partial charge in [-0.3, -0.25) is 4.79 Å². The third-order valence-corrected chi connectivity index (χ3v) is 8.48.